The van der Waals surface area contributed by atoms with Gasteiger partial charge in [-0.15, -0.1) is 11.3 Å². The standard InChI is InChI=1S/C18H21N3O3S/c1-4-18(2)8-13-11(9-24-18)7-12-14-15(25-16(12)20-13)17(22)21(10-19-14)5-6-23-3/h7,10H,4-6,8-9H2,1-3H3. The smallest absolute Gasteiger partial charge is 0.271 e. The maximum Gasteiger partial charge on any atom is 0.271 e. The van der Waals surface area contributed by atoms with Crippen molar-refractivity contribution in [3.05, 3.63) is 34.0 Å². The number of hydrogen-bond donors (Lipinski definition) is 0. The summed E-state index contributed by atoms with van der Waals surface area (Å²) < 4.78 is 13.3. The quantitative estimate of drug-likeness (QED) is 0.717. The molecular formula is C18H21N3O3S. The Labute approximate surface area is 149 Å². The Kier molecular flexibility index (Phi) is 4.10. The lowest BCUT2D eigenvalue weighted by atomic mass is 9.91. The monoisotopic (exact) mass is 359 g/mol. The molecule has 0 bridgehead atoms. The molecule has 0 saturated heterocycles. The van der Waals surface area contributed by atoms with Gasteiger partial charge in [0.25, 0.3) is 5.56 Å². The van der Waals surface area contributed by atoms with Crippen LogP contribution in [-0.4, -0.2) is 33.9 Å². The Morgan fingerprint density at radius 3 is 3.08 bits per heavy atom. The lowest BCUT2D eigenvalue weighted by molar-refractivity contribution is -0.0573. The molecule has 7 heteroatoms. The van der Waals surface area contributed by atoms with E-state index in [-0.39, 0.29) is 11.2 Å². The molecule has 1 aliphatic heterocycles. The summed E-state index contributed by atoms with van der Waals surface area (Å²) in [6, 6.07) is 2.09. The van der Waals surface area contributed by atoms with Gasteiger partial charge in [0.1, 0.15) is 9.53 Å². The second-order valence-electron chi connectivity index (χ2n) is 6.73. The van der Waals surface area contributed by atoms with Gasteiger partial charge in [-0.2, -0.15) is 0 Å². The Hall–Kier alpha value is -1.83. The molecule has 6 nitrogen and oxygen atoms in total. The first kappa shape index (κ1) is 16.6. The number of nitrogens with zero attached hydrogens (tertiary/aromatic N) is 3. The van der Waals surface area contributed by atoms with Gasteiger partial charge in [-0.05, 0) is 19.4 Å². The molecule has 0 saturated carbocycles. The van der Waals surface area contributed by atoms with Crippen LogP contribution in [0.25, 0.3) is 20.4 Å². The predicted molar refractivity (Wildman–Crippen MR) is 98.2 cm³/mol. The molecule has 0 aliphatic carbocycles. The van der Waals surface area contributed by atoms with E-state index in [1.54, 1.807) is 18.0 Å². The second kappa shape index (κ2) is 6.16. The minimum absolute atomic E-state index is 0.0299. The van der Waals surface area contributed by atoms with Gasteiger partial charge in [0.2, 0.25) is 0 Å². The topological polar surface area (TPSA) is 66.2 Å². The van der Waals surface area contributed by atoms with E-state index in [0.29, 0.717) is 24.5 Å². The largest absolute Gasteiger partial charge is 0.383 e. The van der Waals surface area contributed by atoms with Crippen molar-refractivity contribution >= 4 is 31.8 Å². The van der Waals surface area contributed by atoms with Crippen molar-refractivity contribution in [2.75, 3.05) is 13.7 Å². The van der Waals surface area contributed by atoms with Crippen LogP contribution in [0.2, 0.25) is 0 Å². The molecule has 0 spiro atoms. The molecule has 132 valence electrons. The van der Waals surface area contributed by atoms with Crippen LogP contribution in [0.4, 0.5) is 0 Å². The van der Waals surface area contributed by atoms with Crippen molar-refractivity contribution in [1.82, 2.24) is 14.5 Å². The average Bonchev–Trinajstić information content (AvgIpc) is 2.97. The number of hydrogen-bond acceptors (Lipinski definition) is 6. The van der Waals surface area contributed by atoms with Crippen molar-refractivity contribution in [3.63, 3.8) is 0 Å². The minimum atomic E-state index is -0.157. The zero-order chi connectivity index (χ0) is 17.6. The fourth-order valence-electron chi connectivity index (χ4n) is 3.18. The molecule has 3 aromatic heterocycles. The fourth-order valence-corrected chi connectivity index (χ4v) is 4.26. The van der Waals surface area contributed by atoms with Gasteiger partial charge in [-0.1, -0.05) is 6.92 Å². The van der Waals surface area contributed by atoms with Crippen LogP contribution in [-0.2, 0) is 29.0 Å². The van der Waals surface area contributed by atoms with E-state index < -0.39 is 0 Å². The Morgan fingerprint density at radius 2 is 2.32 bits per heavy atom. The van der Waals surface area contributed by atoms with Gasteiger partial charge >= 0.3 is 0 Å². The summed E-state index contributed by atoms with van der Waals surface area (Å²) in [7, 11) is 1.62. The van der Waals surface area contributed by atoms with Gasteiger partial charge in [0, 0.05) is 24.5 Å². The third-order valence-corrected chi connectivity index (χ3v) is 6.08. The normalized spacial score (nSPS) is 20.3. The first-order chi connectivity index (χ1) is 12.0. The van der Waals surface area contributed by atoms with Crippen molar-refractivity contribution in [3.8, 4) is 0 Å². The number of pyridine rings is 1. The van der Waals surface area contributed by atoms with E-state index in [2.05, 4.69) is 24.9 Å². The summed E-state index contributed by atoms with van der Waals surface area (Å²) in [6.45, 7) is 5.81. The van der Waals surface area contributed by atoms with E-state index in [1.807, 2.05) is 0 Å². The molecule has 0 fully saturated rings. The van der Waals surface area contributed by atoms with Crippen LogP contribution < -0.4 is 5.56 Å². The third kappa shape index (κ3) is 2.76. The molecule has 3 aromatic rings. The summed E-state index contributed by atoms with van der Waals surface area (Å²) in [5, 5.41) is 0.943. The number of ether oxygens (including phenoxy) is 2. The summed E-state index contributed by atoms with van der Waals surface area (Å²) in [6.07, 6.45) is 3.35. The number of rotatable bonds is 4. The van der Waals surface area contributed by atoms with E-state index in [1.165, 1.54) is 11.3 Å². The van der Waals surface area contributed by atoms with Crippen molar-refractivity contribution < 1.29 is 9.47 Å². The van der Waals surface area contributed by atoms with Crippen LogP contribution in [0.3, 0.4) is 0 Å². The fraction of sp³-hybridized carbons (Fsp3) is 0.500. The molecule has 0 amide bonds. The van der Waals surface area contributed by atoms with Crippen LogP contribution >= 0.6 is 11.3 Å². The molecule has 1 unspecified atom stereocenters. The number of thiophene rings is 1. The van der Waals surface area contributed by atoms with E-state index in [0.717, 1.165) is 39.8 Å². The molecule has 1 atom stereocenters. The van der Waals surface area contributed by atoms with Crippen molar-refractivity contribution in [1.29, 1.82) is 0 Å². The Balaban J connectivity index is 1.86. The van der Waals surface area contributed by atoms with E-state index >= 15 is 0 Å². The number of fused-ring (bicyclic) bond motifs is 4. The maximum atomic E-state index is 12.7. The van der Waals surface area contributed by atoms with Crippen LogP contribution in [0, 0.1) is 0 Å². The van der Waals surface area contributed by atoms with Gasteiger partial charge in [0.05, 0.1) is 42.9 Å². The molecule has 0 radical (unpaired) electrons. The van der Waals surface area contributed by atoms with Crippen LogP contribution in [0.5, 0.6) is 0 Å². The minimum Gasteiger partial charge on any atom is -0.383 e. The van der Waals surface area contributed by atoms with Crippen molar-refractivity contribution in [2.24, 2.45) is 0 Å². The van der Waals surface area contributed by atoms with Crippen LogP contribution in [0.1, 0.15) is 31.5 Å². The number of aromatic nitrogens is 3. The van der Waals surface area contributed by atoms with Gasteiger partial charge in [-0.3, -0.25) is 9.36 Å². The lowest BCUT2D eigenvalue weighted by Crippen LogP contribution is -2.35. The summed E-state index contributed by atoms with van der Waals surface area (Å²) in [5.41, 5.74) is 2.73. The lowest BCUT2D eigenvalue weighted by Gasteiger charge is -2.33. The molecule has 0 N–H and O–H groups in total. The highest BCUT2D eigenvalue weighted by atomic mass is 32.1. The predicted octanol–water partition coefficient (Wildman–Crippen LogP) is 2.89. The zero-order valence-corrected chi connectivity index (χ0v) is 15.5. The summed E-state index contributed by atoms with van der Waals surface area (Å²) in [5.74, 6) is 0. The van der Waals surface area contributed by atoms with Gasteiger partial charge in [-0.25, -0.2) is 9.97 Å². The first-order valence-electron chi connectivity index (χ1n) is 8.48. The summed E-state index contributed by atoms with van der Waals surface area (Å²) >= 11 is 1.43. The maximum absolute atomic E-state index is 12.7. The van der Waals surface area contributed by atoms with E-state index in [4.69, 9.17) is 14.5 Å². The highest BCUT2D eigenvalue weighted by Crippen LogP contribution is 2.35. The van der Waals surface area contributed by atoms with Crippen molar-refractivity contribution in [2.45, 2.75) is 45.4 Å². The highest BCUT2D eigenvalue weighted by Gasteiger charge is 2.30. The Morgan fingerprint density at radius 1 is 1.48 bits per heavy atom. The Bertz CT molecular complexity index is 1010. The first-order valence-corrected chi connectivity index (χ1v) is 9.29. The SMILES string of the molecule is CCC1(C)Cc2nc3sc4c(=O)n(CCOC)cnc4c3cc2CO1. The zero-order valence-electron chi connectivity index (χ0n) is 14.7. The highest BCUT2D eigenvalue weighted by molar-refractivity contribution is 7.25. The average molecular weight is 359 g/mol. The molecule has 4 rings (SSSR count). The van der Waals surface area contributed by atoms with E-state index in [9.17, 15) is 4.79 Å². The second-order valence-corrected chi connectivity index (χ2v) is 7.73. The molecule has 25 heavy (non-hydrogen) atoms. The third-order valence-electron chi connectivity index (χ3n) is 5.01. The molecule has 4 heterocycles. The molecule has 1 aliphatic rings. The van der Waals surface area contributed by atoms with Crippen LogP contribution in [0.15, 0.2) is 17.2 Å². The van der Waals surface area contributed by atoms with Gasteiger partial charge < -0.3 is 9.47 Å². The molecular weight excluding hydrogens is 338 g/mol. The molecule has 0 aromatic carbocycles. The summed E-state index contributed by atoms with van der Waals surface area (Å²) in [4.78, 5) is 22.9. The van der Waals surface area contributed by atoms with Gasteiger partial charge in [0.15, 0.2) is 0 Å². The number of methoxy groups -OCH3 is 1.